The van der Waals surface area contributed by atoms with Crippen molar-refractivity contribution in [3.63, 3.8) is 0 Å². The molecule has 0 bridgehead atoms. The van der Waals surface area contributed by atoms with E-state index in [1.807, 2.05) is 20.8 Å². The summed E-state index contributed by atoms with van der Waals surface area (Å²) in [7, 11) is 0. The number of aliphatic hydroxyl groups excluding tert-OH is 1. The molecule has 0 aliphatic heterocycles. The fraction of sp³-hybridized carbons (Fsp3) is 0.625. The Morgan fingerprint density at radius 2 is 2.09 bits per heavy atom. The smallest absolute Gasteiger partial charge is 0.129 e. The van der Waals surface area contributed by atoms with Gasteiger partial charge in [0.2, 0.25) is 0 Å². The molecule has 0 spiro atoms. The molecule has 0 aliphatic rings. The van der Waals surface area contributed by atoms with Crippen molar-refractivity contribution in [3.8, 4) is 0 Å². The van der Waals surface area contributed by atoms with Crippen LogP contribution in [0.3, 0.4) is 0 Å². The van der Waals surface area contributed by atoms with Gasteiger partial charge in [-0.2, -0.15) is 0 Å². The number of rotatable bonds is 1. The van der Waals surface area contributed by atoms with Crippen LogP contribution in [0.15, 0.2) is 12.5 Å². The first-order valence-electron chi connectivity index (χ1n) is 3.88. The number of nitrogens with zero attached hydrogens (tertiary/aromatic N) is 2. The molecule has 64 valence electrons. The van der Waals surface area contributed by atoms with Crippen molar-refractivity contribution in [2.24, 2.45) is 0 Å². The average molecular weight is 156 g/mol. The summed E-state index contributed by atoms with van der Waals surface area (Å²) in [5, 5.41) is 9.02. The maximum atomic E-state index is 9.02. The van der Waals surface area contributed by atoms with E-state index in [1.165, 1.54) is 0 Å². The Bertz CT molecular complexity index is 194. The summed E-state index contributed by atoms with van der Waals surface area (Å²) in [6.45, 7) is 7.61. The van der Waals surface area contributed by atoms with E-state index >= 15 is 0 Å². The third-order valence-corrected chi connectivity index (χ3v) is 1.26. The molecule has 1 N–H and O–H groups in total. The highest BCUT2D eigenvalue weighted by Crippen LogP contribution is 2.03. The fourth-order valence-corrected chi connectivity index (χ4v) is 0.762. The third kappa shape index (κ3) is 2.72. The fourth-order valence-electron chi connectivity index (χ4n) is 0.762. The summed E-state index contributed by atoms with van der Waals surface area (Å²) in [5.74, 6) is 0. The molecule has 11 heavy (non-hydrogen) atoms. The van der Waals surface area contributed by atoms with Crippen LogP contribution in [0.4, 0.5) is 0 Å². The summed E-state index contributed by atoms with van der Waals surface area (Å²) in [4.78, 5) is 3.85. The van der Waals surface area contributed by atoms with Crippen LogP contribution in [0, 0.1) is 6.92 Å². The van der Waals surface area contributed by atoms with Gasteiger partial charge in [-0.3, -0.25) is 0 Å². The summed E-state index contributed by atoms with van der Waals surface area (Å²) in [6, 6.07) is 0. The standard InChI is InChI=1S/C6H10N2O.C2H6/c1-5-3-7-4-8(5)6(2)9;1-2/h3-4,6,9H,1-2H3;1-2H3. The molecular formula is C8H16N2O. The molecule has 0 amide bonds. The van der Waals surface area contributed by atoms with Crippen LogP contribution in [-0.4, -0.2) is 14.7 Å². The predicted molar refractivity (Wildman–Crippen MR) is 45.2 cm³/mol. The molecule has 1 unspecified atom stereocenters. The number of aliphatic hydroxyl groups is 1. The van der Waals surface area contributed by atoms with Crippen LogP contribution >= 0.6 is 0 Å². The highest BCUT2D eigenvalue weighted by atomic mass is 16.3. The van der Waals surface area contributed by atoms with E-state index in [2.05, 4.69) is 4.98 Å². The highest BCUT2D eigenvalue weighted by molar-refractivity contribution is 4.94. The van der Waals surface area contributed by atoms with Crippen molar-refractivity contribution in [3.05, 3.63) is 18.2 Å². The monoisotopic (exact) mass is 156 g/mol. The average Bonchev–Trinajstić information content (AvgIpc) is 2.39. The topological polar surface area (TPSA) is 38.0 Å². The summed E-state index contributed by atoms with van der Waals surface area (Å²) < 4.78 is 1.69. The van der Waals surface area contributed by atoms with Crippen molar-refractivity contribution < 1.29 is 5.11 Å². The normalized spacial score (nSPS) is 11.7. The van der Waals surface area contributed by atoms with Gasteiger partial charge < -0.3 is 9.67 Å². The maximum absolute atomic E-state index is 9.02. The summed E-state index contributed by atoms with van der Waals surface area (Å²) in [5.41, 5.74) is 0.977. The number of hydrogen-bond acceptors (Lipinski definition) is 2. The molecule has 3 nitrogen and oxygen atoms in total. The van der Waals surface area contributed by atoms with E-state index in [0.29, 0.717) is 0 Å². The molecule has 1 rings (SSSR count). The molecule has 3 heteroatoms. The molecule has 1 aromatic rings. The third-order valence-electron chi connectivity index (χ3n) is 1.26. The zero-order valence-electron chi connectivity index (χ0n) is 7.57. The van der Waals surface area contributed by atoms with E-state index in [4.69, 9.17) is 5.11 Å². The molecular weight excluding hydrogens is 140 g/mol. The van der Waals surface area contributed by atoms with Gasteiger partial charge in [0.25, 0.3) is 0 Å². The Kier molecular flexibility index (Phi) is 4.54. The number of aromatic nitrogens is 2. The number of hydrogen-bond donors (Lipinski definition) is 1. The quantitative estimate of drug-likeness (QED) is 0.672. The van der Waals surface area contributed by atoms with Crippen LogP contribution in [0.5, 0.6) is 0 Å². The minimum Gasteiger partial charge on any atom is -0.374 e. The molecule has 0 aliphatic carbocycles. The van der Waals surface area contributed by atoms with Gasteiger partial charge >= 0.3 is 0 Å². The predicted octanol–water partition coefficient (Wildman–Crippen LogP) is 1.73. The van der Waals surface area contributed by atoms with Gasteiger partial charge in [-0.05, 0) is 13.8 Å². The molecule has 1 aromatic heterocycles. The lowest BCUT2D eigenvalue weighted by Gasteiger charge is -2.06. The van der Waals surface area contributed by atoms with Crippen LogP contribution in [0.25, 0.3) is 0 Å². The molecule has 0 aromatic carbocycles. The zero-order valence-corrected chi connectivity index (χ0v) is 7.57. The number of imidazole rings is 1. The van der Waals surface area contributed by atoms with E-state index in [0.717, 1.165) is 5.69 Å². The molecule has 0 fully saturated rings. The molecule has 0 saturated carbocycles. The van der Waals surface area contributed by atoms with E-state index < -0.39 is 6.23 Å². The van der Waals surface area contributed by atoms with Crippen molar-refractivity contribution in [1.29, 1.82) is 0 Å². The Labute approximate surface area is 67.7 Å². The van der Waals surface area contributed by atoms with Crippen LogP contribution in [0.2, 0.25) is 0 Å². The van der Waals surface area contributed by atoms with Gasteiger partial charge in [0.15, 0.2) is 0 Å². The van der Waals surface area contributed by atoms with Crippen molar-refractivity contribution in [2.45, 2.75) is 33.9 Å². The Balaban J connectivity index is 0.000000461. The van der Waals surface area contributed by atoms with Crippen LogP contribution in [-0.2, 0) is 0 Å². The first kappa shape index (κ1) is 10.2. The van der Waals surface area contributed by atoms with Gasteiger partial charge in [0.05, 0.1) is 6.33 Å². The van der Waals surface area contributed by atoms with Crippen molar-refractivity contribution in [1.82, 2.24) is 9.55 Å². The second-order valence-corrected chi connectivity index (χ2v) is 2.07. The van der Waals surface area contributed by atoms with E-state index in [1.54, 1.807) is 24.0 Å². The van der Waals surface area contributed by atoms with Crippen LogP contribution in [0.1, 0.15) is 32.7 Å². The SMILES string of the molecule is CC.Cc1cncn1C(C)O. The minimum absolute atomic E-state index is 0.465. The Hall–Kier alpha value is -0.830. The van der Waals surface area contributed by atoms with Crippen molar-refractivity contribution >= 4 is 0 Å². The minimum atomic E-state index is -0.465. The summed E-state index contributed by atoms with van der Waals surface area (Å²) >= 11 is 0. The Morgan fingerprint density at radius 1 is 1.55 bits per heavy atom. The second-order valence-electron chi connectivity index (χ2n) is 2.07. The zero-order chi connectivity index (χ0) is 8.85. The lowest BCUT2D eigenvalue weighted by Crippen LogP contribution is -2.03. The first-order valence-corrected chi connectivity index (χ1v) is 3.88. The number of aryl methyl sites for hydroxylation is 1. The van der Waals surface area contributed by atoms with Gasteiger partial charge in [-0.15, -0.1) is 0 Å². The molecule has 0 saturated heterocycles. The highest BCUT2D eigenvalue weighted by Gasteiger charge is 1.99. The van der Waals surface area contributed by atoms with E-state index in [9.17, 15) is 0 Å². The largest absolute Gasteiger partial charge is 0.374 e. The van der Waals surface area contributed by atoms with Gasteiger partial charge in [0.1, 0.15) is 6.23 Å². The second kappa shape index (κ2) is 4.91. The molecule has 1 heterocycles. The summed E-state index contributed by atoms with van der Waals surface area (Å²) in [6.07, 6.45) is 2.86. The van der Waals surface area contributed by atoms with Gasteiger partial charge in [-0.25, -0.2) is 4.98 Å². The Morgan fingerprint density at radius 3 is 2.27 bits per heavy atom. The lowest BCUT2D eigenvalue weighted by atomic mass is 10.5. The van der Waals surface area contributed by atoms with Crippen molar-refractivity contribution in [2.75, 3.05) is 0 Å². The van der Waals surface area contributed by atoms with E-state index in [-0.39, 0.29) is 0 Å². The first-order chi connectivity index (χ1) is 5.22. The van der Waals surface area contributed by atoms with Crippen LogP contribution < -0.4 is 0 Å². The molecule has 1 atom stereocenters. The molecule has 0 radical (unpaired) electrons. The van der Waals surface area contributed by atoms with Gasteiger partial charge in [-0.1, -0.05) is 13.8 Å². The maximum Gasteiger partial charge on any atom is 0.129 e. The lowest BCUT2D eigenvalue weighted by molar-refractivity contribution is 0.122. The van der Waals surface area contributed by atoms with Gasteiger partial charge in [0, 0.05) is 11.9 Å².